The van der Waals surface area contributed by atoms with Crippen LogP contribution in [0.3, 0.4) is 0 Å². The van der Waals surface area contributed by atoms with Crippen molar-refractivity contribution in [1.82, 2.24) is 14.9 Å². The van der Waals surface area contributed by atoms with Gasteiger partial charge in [0.15, 0.2) is 0 Å². The molecule has 0 spiro atoms. The van der Waals surface area contributed by atoms with E-state index in [4.69, 9.17) is 9.72 Å². The van der Waals surface area contributed by atoms with Gasteiger partial charge in [-0.3, -0.25) is 4.79 Å². The molecule has 1 heterocycles. The average molecular weight is 450 g/mol. The van der Waals surface area contributed by atoms with Crippen molar-refractivity contribution in [2.24, 2.45) is 0 Å². The van der Waals surface area contributed by atoms with Crippen molar-refractivity contribution in [3.05, 3.63) is 108 Å². The highest BCUT2D eigenvalue weighted by Gasteiger charge is 2.12. The van der Waals surface area contributed by atoms with Gasteiger partial charge in [-0.1, -0.05) is 60.2 Å². The number of hydrogen-bond donors (Lipinski definition) is 1. The number of nitrogens with one attached hydrogen (secondary N) is 1. The van der Waals surface area contributed by atoms with E-state index in [1.165, 1.54) is 10.8 Å². The van der Waals surface area contributed by atoms with Crippen LogP contribution in [-0.4, -0.2) is 22.1 Å². The number of para-hydroxylation sites is 2. The van der Waals surface area contributed by atoms with Crippen LogP contribution in [0.4, 0.5) is 0 Å². The summed E-state index contributed by atoms with van der Waals surface area (Å²) in [7, 11) is 0. The summed E-state index contributed by atoms with van der Waals surface area (Å²) in [6.45, 7) is 3.70. The molecule has 0 bridgehead atoms. The molecule has 1 aromatic heterocycles. The summed E-state index contributed by atoms with van der Waals surface area (Å²) >= 11 is 0. The fourth-order valence-corrected chi connectivity index (χ4v) is 4.23. The molecular weight excluding hydrogens is 422 g/mol. The Morgan fingerprint density at radius 1 is 0.912 bits per heavy atom. The van der Waals surface area contributed by atoms with E-state index < -0.39 is 0 Å². The smallest absolute Gasteiger partial charge is 0.251 e. The number of carbonyl (C=O) groups excluding carboxylic acids is 1. The van der Waals surface area contributed by atoms with Crippen LogP contribution in [0, 0.1) is 6.92 Å². The fraction of sp³-hybridized carbons (Fsp3) is 0.172. The number of fused-ring (bicyclic) bond motifs is 2. The van der Waals surface area contributed by atoms with Crippen LogP contribution in [0.25, 0.3) is 21.8 Å². The second kappa shape index (κ2) is 9.79. The van der Waals surface area contributed by atoms with E-state index in [0.717, 1.165) is 41.1 Å². The van der Waals surface area contributed by atoms with E-state index in [9.17, 15) is 4.79 Å². The lowest BCUT2D eigenvalue weighted by Gasteiger charge is -2.12. The maximum absolute atomic E-state index is 12.6. The van der Waals surface area contributed by atoms with Crippen LogP contribution >= 0.6 is 0 Å². The molecule has 5 rings (SSSR count). The van der Waals surface area contributed by atoms with Gasteiger partial charge in [-0.15, -0.1) is 0 Å². The largest absolute Gasteiger partial charge is 0.494 e. The van der Waals surface area contributed by atoms with E-state index in [0.29, 0.717) is 18.7 Å². The first-order valence-electron chi connectivity index (χ1n) is 11.6. The Balaban J connectivity index is 1.25. The summed E-state index contributed by atoms with van der Waals surface area (Å²) in [5, 5.41) is 5.40. The summed E-state index contributed by atoms with van der Waals surface area (Å²) in [5.74, 6) is 1.62. The van der Waals surface area contributed by atoms with E-state index in [1.807, 2.05) is 67.6 Å². The Bertz CT molecular complexity index is 1450. The highest BCUT2D eigenvalue weighted by atomic mass is 16.5. The third-order valence-corrected chi connectivity index (χ3v) is 5.94. The second-order valence-corrected chi connectivity index (χ2v) is 8.43. The summed E-state index contributed by atoms with van der Waals surface area (Å²) in [4.78, 5) is 17.4. The van der Waals surface area contributed by atoms with Crippen molar-refractivity contribution < 1.29 is 9.53 Å². The van der Waals surface area contributed by atoms with Crippen LogP contribution in [0.1, 0.15) is 28.2 Å². The monoisotopic (exact) mass is 449 g/mol. The molecule has 0 aliphatic heterocycles. The highest BCUT2D eigenvalue weighted by Crippen LogP contribution is 2.21. The maximum atomic E-state index is 12.6. The molecule has 0 unspecified atom stereocenters. The Morgan fingerprint density at radius 3 is 2.62 bits per heavy atom. The van der Waals surface area contributed by atoms with Crippen molar-refractivity contribution in [1.29, 1.82) is 0 Å². The molecule has 170 valence electrons. The lowest BCUT2D eigenvalue weighted by atomic mass is 10.1. The Morgan fingerprint density at radius 2 is 1.74 bits per heavy atom. The van der Waals surface area contributed by atoms with Crippen molar-refractivity contribution in [3.8, 4) is 5.75 Å². The number of benzene rings is 4. The molecule has 0 fully saturated rings. The zero-order chi connectivity index (χ0) is 23.3. The molecule has 5 aromatic rings. The van der Waals surface area contributed by atoms with Gasteiger partial charge in [-0.05, 0) is 60.5 Å². The van der Waals surface area contributed by atoms with E-state index in [1.54, 1.807) is 0 Å². The van der Waals surface area contributed by atoms with Crippen LogP contribution in [0.15, 0.2) is 91.0 Å². The molecule has 34 heavy (non-hydrogen) atoms. The minimum Gasteiger partial charge on any atom is -0.494 e. The first-order chi connectivity index (χ1) is 16.7. The summed E-state index contributed by atoms with van der Waals surface area (Å²) in [6, 6.07) is 30.1. The zero-order valence-corrected chi connectivity index (χ0v) is 19.2. The second-order valence-electron chi connectivity index (χ2n) is 8.43. The van der Waals surface area contributed by atoms with Gasteiger partial charge in [0.2, 0.25) is 0 Å². The normalized spacial score (nSPS) is 11.1. The quantitative estimate of drug-likeness (QED) is 0.300. The number of hydrogen-bond acceptors (Lipinski definition) is 3. The van der Waals surface area contributed by atoms with E-state index in [-0.39, 0.29) is 5.91 Å². The minimum absolute atomic E-state index is 0.0954. The third kappa shape index (κ3) is 4.79. The van der Waals surface area contributed by atoms with E-state index >= 15 is 0 Å². The van der Waals surface area contributed by atoms with Crippen molar-refractivity contribution >= 4 is 27.7 Å². The van der Waals surface area contributed by atoms with Crippen molar-refractivity contribution in [2.45, 2.75) is 26.4 Å². The van der Waals surface area contributed by atoms with Crippen LogP contribution in [0.5, 0.6) is 5.75 Å². The number of amides is 1. The first kappa shape index (κ1) is 21.7. The van der Waals surface area contributed by atoms with Gasteiger partial charge >= 0.3 is 0 Å². The van der Waals surface area contributed by atoms with Gasteiger partial charge in [0.1, 0.15) is 11.6 Å². The topological polar surface area (TPSA) is 56.2 Å². The van der Waals surface area contributed by atoms with Crippen molar-refractivity contribution in [2.75, 3.05) is 6.61 Å². The summed E-state index contributed by atoms with van der Waals surface area (Å²) in [6.07, 6.45) is 0.825. The highest BCUT2D eigenvalue weighted by molar-refractivity contribution is 5.94. The summed E-state index contributed by atoms with van der Waals surface area (Å²) in [5.41, 5.74) is 3.71. The van der Waals surface area contributed by atoms with Crippen LogP contribution in [-0.2, 0) is 13.1 Å². The molecule has 5 nitrogen and oxygen atoms in total. The van der Waals surface area contributed by atoms with E-state index in [2.05, 4.69) is 40.2 Å². The average Bonchev–Trinajstić information content (AvgIpc) is 3.22. The molecule has 5 heteroatoms. The fourth-order valence-electron chi connectivity index (χ4n) is 4.23. The molecule has 1 amide bonds. The van der Waals surface area contributed by atoms with Gasteiger partial charge in [0.25, 0.3) is 5.91 Å². The molecule has 0 atom stereocenters. The lowest BCUT2D eigenvalue weighted by molar-refractivity contribution is 0.0949. The number of ether oxygens (including phenoxy) is 1. The lowest BCUT2D eigenvalue weighted by Crippen LogP contribution is -2.25. The Kier molecular flexibility index (Phi) is 6.25. The van der Waals surface area contributed by atoms with Gasteiger partial charge in [0, 0.05) is 12.1 Å². The van der Waals surface area contributed by atoms with Gasteiger partial charge in [0.05, 0.1) is 24.2 Å². The number of carbonyl (C=O) groups is 1. The number of aryl methyl sites for hydroxylation is 2. The molecular formula is C29H27N3O2. The molecule has 0 radical (unpaired) electrons. The summed E-state index contributed by atoms with van der Waals surface area (Å²) < 4.78 is 8.20. The molecule has 4 aromatic carbocycles. The number of imidazole rings is 1. The first-order valence-corrected chi connectivity index (χ1v) is 11.6. The molecule has 0 saturated carbocycles. The van der Waals surface area contributed by atoms with Crippen molar-refractivity contribution in [3.63, 3.8) is 0 Å². The maximum Gasteiger partial charge on any atom is 0.251 e. The minimum atomic E-state index is -0.0954. The molecule has 0 aliphatic carbocycles. The van der Waals surface area contributed by atoms with Gasteiger partial charge in [-0.25, -0.2) is 4.98 Å². The Hall–Kier alpha value is -4.12. The Labute approximate surface area is 199 Å². The van der Waals surface area contributed by atoms with Crippen LogP contribution < -0.4 is 10.1 Å². The number of nitrogens with zero attached hydrogens (tertiary/aromatic N) is 2. The van der Waals surface area contributed by atoms with Gasteiger partial charge < -0.3 is 14.6 Å². The predicted molar refractivity (Wildman–Crippen MR) is 136 cm³/mol. The molecule has 0 saturated heterocycles. The van der Waals surface area contributed by atoms with Crippen LogP contribution in [0.2, 0.25) is 0 Å². The standard InChI is InChI=1S/C29H27N3O2/c1-21-8-6-11-24(18-21)29(33)30-20-28-31-26-12-4-5-13-27(26)32(28)16-7-17-34-25-15-14-22-9-2-3-10-23(22)19-25/h2-6,8-15,18-19H,7,16-17,20H2,1H3,(H,30,33). The van der Waals surface area contributed by atoms with Gasteiger partial charge in [-0.2, -0.15) is 0 Å². The number of aromatic nitrogens is 2. The predicted octanol–water partition coefficient (Wildman–Crippen LogP) is 5.90. The third-order valence-electron chi connectivity index (χ3n) is 5.94. The molecule has 0 aliphatic rings. The SMILES string of the molecule is Cc1cccc(C(=O)NCc2nc3ccccc3n2CCCOc2ccc3ccccc3c2)c1. The molecule has 1 N–H and O–H groups in total. The number of rotatable bonds is 8. The zero-order valence-electron chi connectivity index (χ0n) is 19.2.